The normalized spacial score (nSPS) is 24.8. The molecule has 1 aliphatic carbocycles. The Bertz CT molecular complexity index is 849. The molecule has 0 radical (unpaired) electrons. The highest BCUT2D eigenvalue weighted by molar-refractivity contribution is 6.31. The summed E-state index contributed by atoms with van der Waals surface area (Å²) >= 11 is 6.44. The molecule has 2 heterocycles. The van der Waals surface area contributed by atoms with Gasteiger partial charge in [0, 0.05) is 68.5 Å². The maximum absolute atomic E-state index is 12.9. The maximum atomic E-state index is 12.9. The number of nitrogens with zero attached hydrogens (tertiary/aromatic N) is 2. The van der Waals surface area contributed by atoms with Crippen molar-refractivity contribution in [1.82, 2.24) is 9.80 Å². The van der Waals surface area contributed by atoms with E-state index in [4.69, 9.17) is 16.3 Å². The van der Waals surface area contributed by atoms with Crippen molar-refractivity contribution in [1.29, 1.82) is 0 Å². The van der Waals surface area contributed by atoms with Crippen LogP contribution in [0.2, 0.25) is 5.02 Å². The van der Waals surface area contributed by atoms with E-state index in [-0.39, 0.29) is 17.9 Å². The molecule has 0 spiro atoms. The van der Waals surface area contributed by atoms with Crippen molar-refractivity contribution in [3.63, 3.8) is 0 Å². The quantitative estimate of drug-likeness (QED) is 0.651. The van der Waals surface area contributed by atoms with Crippen molar-refractivity contribution in [2.45, 2.75) is 71.4 Å². The number of nitrogens with one attached hydrogen (secondary N) is 1. The second-order valence-electron chi connectivity index (χ2n) is 10.2. The Morgan fingerprint density at radius 3 is 2.64 bits per heavy atom. The Kier molecular flexibility index (Phi) is 8.31. The molecular formula is C26H38ClN3O3. The molecule has 2 amide bonds. The van der Waals surface area contributed by atoms with Crippen LogP contribution in [-0.2, 0) is 20.9 Å². The highest BCUT2D eigenvalue weighted by Crippen LogP contribution is 2.30. The summed E-state index contributed by atoms with van der Waals surface area (Å²) in [4.78, 5) is 30.0. The third-order valence-corrected chi connectivity index (χ3v) is 7.79. The largest absolute Gasteiger partial charge is 0.381 e. The number of anilines is 1. The molecule has 2 atom stereocenters. The SMILES string of the molecule is Cc1c(CN2CCN(C(=O)C3CCCC3)[C@@H](C)C2)cc(Cl)cc1NC(=O)CC1CCCOC1. The molecule has 1 N–H and O–H groups in total. The molecule has 0 aromatic heterocycles. The molecule has 6 nitrogen and oxygen atoms in total. The first-order valence-electron chi connectivity index (χ1n) is 12.6. The van der Waals surface area contributed by atoms with Gasteiger partial charge < -0.3 is 15.0 Å². The van der Waals surface area contributed by atoms with Gasteiger partial charge in [0.1, 0.15) is 0 Å². The van der Waals surface area contributed by atoms with Gasteiger partial charge in [0.15, 0.2) is 0 Å². The average molecular weight is 476 g/mol. The zero-order chi connectivity index (χ0) is 23.4. The predicted octanol–water partition coefficient (Wildman–Crippen LogP) is 4.63. The molecule has 1 saturated carbocycles. The summed E-state index contributed by atoms with van der Waals surface area (Å²) in [5.41, 5.74) is 2.98. The molecule has 1 unspecified atom stereocenters. The smallest absolute Gasteiger partial charge is 0.226 e. The molecule has 4 rings (SSSR count). The summed E-state index contributed by atoms with van der Waals surface area (Å²) in [5, 5.41) is 3.72. The fourth-order valence-corrected chi connectivity index (χ4v) is 5.85. The van der Waals surface area contributed by atoms with Crippen LogP contribution in [0.3, 0.4) is 0 Å². The average Bonchev–Trinajstić information content (AvgIpc) is 3.32. The Balaban J connectivity index is 1.35. The molecule has 2 saturated heterocycles. The molecule has 1 aromatic carbocycles. The number of piperazine rings is 1. The van der Waals surface area contributed by atoms with Crippen LogP contribution in [0.15, 0.2) is 12.1 Å². The second kappa shape index (κ2) is 11.2. The van der Waals surface area contributed by atoms with E-state index >= 15 is 0 Å². The van der Waals surface area contributed by atoms with Gasteiger partial charge in [-0.15, -0.1) is 0 Å². The first-order chi connectivity index (χ1) is 15.9. The van der Waals surface area contributed by atoms with Crippen molar-refractivity contribution < 1.29 is 14.3 Å². The number of hydrogen-bond donors (Lipinski definition) is 1. The summed E-state index contributed by atoms with van der Waals surface area (Å²) < 4.78 is 5.51. The fraction of sp³-hybridized carbons (Fsp3) is 0.692. The van der Waals surface area contributed by atoms with Crippen LogP contribution in [0.25, 0.3) is 0 Å². The Morgan fingerprint density at radius 2 is 1.94 bits per heavy atom. The summed E-state index contributed by atoms with van der Waals surface area (Å²) in [7, 11) is 0. The number of amides is 2. The topological polar surface area (TPSA) is 61.9 Å². The fourth-order valence-electron chi connectivity index (χ4n) is 5.61. The van der Waals surface area contributed by atoms with Gasteiger partial charge in [0.05, 0.1) is 0 Å². The van der Waals surface area contributed by atoms with E-state index in [2.05, 4.69) is 22.0 Å². The minimum Gasteiger partial charge on any atom is -0.381 e. The van der Waals surface area contributed by atoms with Crippen molar-refractivity contribution >= 4 is 29.1 Å². The van der Waals surface area contributed by atoms with E-state index in [1.807, 2.05) is 19.1 Å². The summed E-state index contributed by atoms with van der Waals surface area (Å²) in [5.74, 6) is 0.907. The van der Waals surface area contributed by atoms with E-state index in [0.29, 0.717) is 29.9 Å². The molecule has 182 valence electrons. The molecule has 1 aromatic rings. The first kappa shape index (κ1) is 24.5. The lowest BCUT2D eigenvalue weighted by Crippen LogP contribution is -2.54. The highest BCUT2D eigenvalue weighted by atomic mass is 35.5. The molecule has 0 bridgehead atoms. The zero-order valence-electron chi connectivity index (χ0n) is 20.1. The number of carbonyl (C=O) groups excluding carboxylic acids is 2. The van der Waals surface area contributed by atoms with Crippen LogP contribution in [0, 0.1) is 18.8 Å². The van der Waals surface area contributed by atoms with E-state index in [1.54, 1.807) is 0 Å². The van der Waals surface area contributed by atoms with Gasteiger partial charge in [-0.05, 0) is 68.7 Å². The van der Waals surface area contributed by atoms with Crippen LogP contribution in [-0.4, -0.2) is 60.5 Å². The molecule has 33 heavy (non-hydrogen) atoms. The summed E-state index contributed by atoms with van der Waals surface area (Å²) in [6, 6.07) is 4.06. The van der Waals surface area contributed by atoms with Gasteiger partial charge in [0.25, 0.3) is 0 Å². The Labute approximate surface area is 203 Å². The standard InChI is InChI=1S/C26H38ClN3O3/c1-18-15-29(9-10-30(18)26(32)21-7-3-4-8-21)16-22-13-23(27)14-24(19(22)2)28-25(31)12-20-6-5-11-33-17-20/h13-14,18,20-21H,3-12,15-17H2,1-2H3,(H,28,31)/t18-,20?/m0/s1. The van der Waals surface area contributed by atoms with Gasteiger partial charge in [-0.3, -0.25) is 14.5 Å². The van der Waals surface area contributed by atoms with Gasteiger partial charge in [-0.1, -0.05) is 24.4 Å². The number of ether oxygens (including phenoxy) is 1. The number of carbonyl (C=O) groups is 2. The van der Waals surface area contributed by atoms with Gasteiger partial charge in [-0.2, -0.15) is 0 Å². The molecule has 2 aliphatic heterocycles. The van der Waals surface area contributed by atoms with E-state index < -0.39 is 0 Å². The van der Waals surface area contributed by atoms with E-state index in [0.717, 1.165) is 75.3 Å². The minimum absolute atomic E-state index is 0.0227. The molecule has 7 heteroatoms. The lowest BCUT2D eigenvalue weighted by Gasteiger charge is -2.41. The molecule has 3 fully saturated rings. The number of hydrogen-bond acceptors (Lipinski definition) is 4. The minimum atomic E-state index is 0.0227. The number of rotatable bonds is 6. The third kappa shape index (κ3) is 6.28. The second-order valence-corrected chi connectivity index (χ2v) is 10.6. The first-order valence-corrected chi connectivity index (χ1v) is 13.0. The van der Waals surface area contributed by atoms with Crippen LogP contribution < -0.4 is 5.32 Å². The highest BCUT2D eigenvalue weighted by Gasteiger charge is 2.33. The number of halogens is 1. The van der Waals surface area contributed by atoms with Crippen LogP contribution in [0.1, 0.15) is 63.0 Å². The predicted molar refractivity (Wildman–Crippen MR) is 131 cm³/mol. The monoisotopic (exact) mass is 475 g/mol. The van der Waals surface area contributed by atoms with Crippen molar-refractivity contribution in [3.8, 4) is 0 Å². The lowest BCUT2D eigenvalue weighted by atomic mass is 9.98. The van der Waals surface area contributed by atoms with E-state index in [1.165, 1.54) is 12.8 Å². The third-order valence-electron chi connectivity index (χ3n) is 7.58. The van der Waals surface area contributed by atoms with E-state index in [9.17, 15) is 9.59 Å². The molecule has 3 aliphatic rings. The van der Waals surface area contributed by atoms with Crippen molar-refractivity contribution in [2.75, 3.05) is 38.2 Å². The Morgan fingerprint density at radius 1 is 1.15 bits per heavy atom. The van der Waals surface area contributed by atoms with Crippen molar-refractivity contribution in [3.05, 3.63) is 28.3 Å². The summed E-state index contributed by atoms with van der Waals surface area (Å²) in [6.07, 6.45) is 7.02. The van der Waals surface area contributed by atoms with Gasteiger partial charge in [0.2, 0.25) is 11.8 Å². The Hall–Kier alpha value is -1.63. The zero-order valence-corrected chi connectivity index (χ0v) is 20.8. The number of benzene rings is 1. The van der Waals surface area contributed by atoms with Crippen LogP contribution in [0.4, 0.5) is 5.69 Å². The lowest BCUT2D eigenvalue weighted by molar-refractivity contribution is -0.140. The molecular weight excluding hydrogens is 438 g/mol. The maximum Gasteiger partial charge on any atom is 0.226 e. The summed E-state index contributed by atoms with van der Waals surface area (Å²) in [6.45, 7) is 8.94. The van der Waals surface area contributed by atoms with Gasteiger partial charge >= 0.3 is 0 Å². The van der Waals surface area contributed by atoms with Gasteiger partial charge in [-0.25, -0.2) is 0 Å². The van der Waals surface area contributed by atoms with Crippen LogP contribution in [0.5, 0.6) is 0 Å². The van der Waals surface area contributed by atoms with Crippen molar-refractivity contribution in [2.24, 2.45) is 11.8 Å². The van der Waals surface area contributed by atoms with Crippen LogP contribution >= 0.6 is 11.6 Å².